The first-order chi connectivity index (χ1) is 14.9. The van der Waals surface area contributed by atoms with Crippen molar-refractivity contribution in [1.29, 1.82) is 0 Å². The van der Waals surface area contributed by atoms with Crippen molar-refractivity contribution >= 4 is 16.4 Å². The van der Waals surface area contributed by atoms with Gasteiger partial charge in [-0.2, -0.15) is 8.42 Å². The molecule has 32 heavy (non-hydrogen) atoms. The molecule has 0 spiro atoms. The first-order valence-corrected chi connectivity index (χ1v) is 13.8. The van der Waals surface area contributed by atoms with E-state index < -0.39 is 28.6 Å². The molecule has 0 aromatic heterocycles. The maximum Gasteiger partial charge on any atom is 0.397 e. The fourth-order valence-electron chi connectivity index (χ4n) is 8.96. The van der Waals surface area contributed by atoms with Gasteiger partial charge in [-0.1, -0.05) is 20.8 Å². The average Bonchev–Trinajstić information content (AvgIpc) is 3.05. The van der Waals surface area contributed by atoms with E-state index in [9.17, 15) is 18.3 Å². The summed E-state index contributed by atoms with van der Waals surface area (Å²) in [6.07, 6.45) is 7.18. The largest absolute Gasteiger partial charge is 0.481 e. The summed E-state index contributed by atoms with van der Waals surface area (Å²) in [6, 6.07) is 0. The molecule has 8 heteroatoms. The summed E-state index contributed by atoms with van der Waals surface area (Å²) in [5.74, 6) is 1.65. The van der Waals surface area contributed by atoms with Crippen LogP contribution in [0.1, 0.15) is 85.0 Å². The highest BCUT2D eigenvalue weighted by Gasteiger charge is 2.63. The first kappa shape index (κ1) is 24.4. The normalized spacial score (nSPS) is 47.2. The minimum absolute atomic E-state index is 0.0529. The first-order valence-electron chi connectivity index (χ1n) is 12.4. The molecule has 4 aliphatic carbocycles. The molecule has 0 aromatic carbocycles. The minimum atomic E-state index is -4.43. The average molecular weight is 473 g/mol. The molecule has 4 rings (SSSR count). The zero-order valence-electron chi connectivity index (χ0n) is 19.6. The molecule has 0 heterocycles. The molecule has 4 aliphatic rings. The summed E-state index contributed by atoms with van der Waals surface area (Å²) in [7, 11) is -4.43. The summed E-state index contributed by atoms with van der Waals surface area (Å²) < 4.78 is 36.5. The summed E-state index contributed by atoms with van der Waals surface area (Å²) in [5, 5.41) is 20.7. The van der Waals surface area contributed by atoms with E-state index in [1.54, 1.807) is 0 Å². The lowest BCUT2D eigenvalue weighted by atomic mass is 9.43. The Morgan fingerprint density at radius 1 is 1.09 bits per heavy atom. The van der Waals surface area contributed by atoms with Crippen LogP contribution in [-0.2, 0) is 19.4 Å². The van der Waals surface area contributed by atoms with Crippen molar-refractivity contribution in [3.8, 4) is 0 Å². The Kier molecular flexibility index (Phi) is 6.49. The van der Waals surface area contributed by atoms with Crippen molar-refractivity contribution in [2.45, 2.75) is 97.2 Å². The van der Waals surface area contributed by atoms with Gasteiger partial charge in [0, 0.05) is 6.42 Å². The number of hydrogen-bond donors (Lipinski definition) is 3. The van der Waals surface area contributed by atoms with Crippen LogP contribution in [0.5, 0.6) is 0 Å². The van der Waals surface area contributed by atoms with Gasteiger partial charge in [0.25, 0.3) is 0 Å². The Morgan fingerprint density at radius 3 is 2.47 bits per heavy atom. The van der Waals surface area contributed by atoms with Gasteiger partial charge in [-0.05, 0) is 104 Å². The van der Waals surface area contributed by atoms with Gasteiger partial charge in [0.2, 0.25) is 0 Å². The second kappa shape index (κ2) is 8.51. The molecule has 3 N–H and O–H groups in total. The standard InChI is InChI=1S/C24H40O7S/c1-14(4-9-22(26)27)18-7-8-19-17-6-5-15-12-16(31-32(28,29)30)10-11-23(15,2)20(17)13-21(25)24(18,19)3/h14-21,25H,4-13H2,1-3H3,(H,26,27)(H,28,29,30). The Bertz CT molecular complexity index is 828. The molecule has 184 valence electrons. The van der Waals surface area contributed by atoms with Crippen LogP contribution in [0.3, 0.4) is 0 Å². The molecule has 4 saturated carbocycles. The highest BCUT2D eigenvalue weighted by molar-refractivity contribution is 7.80. The fraction of sp³-hybridized carbons (Fsp3) is 0.958. The van der Waals surface area contributed by atoms with E-state index in [1.165, 1.54) is 0 Å². The lowest BCUT2D eigenvalue weighted by molar-refractivity contribution is -0.174. The van der Waals surface area contributed by atoms with Gasteiger partial charge in [0.15, 0.2) is 0 Å². The second-order valence-corrected chi connectivity index (χ2v) is 12.8. The van der Waals surface area contributed by atoms with Crippen molar-refractivity contribution in [3.05, 3.63) is 0 Å². The van der Waals surface area contributed by atoms with Crippen LogP contribution < -0.4 is 0 Å². The molecular formula is C24H40O7S. The van der Waals surface area contributed by atoms with Crippen molar-refractivity contribution < 1.29 is 32.2 Å². The van der Waals surface area contributed by atoms with Crippen molar-refractivity contribution in [3.63, 3.8) is 0 Å². The van der Waals surface area contributed by atoms with Crippen LogP contribution in [0.25, 0.3) is 0 Å². The SMILES string of the molecule is CC(CCC(=O)O)C1CCC2C3CCC4CC(OS(=O)(=O)O)CCC4(C)C3CC(O)C12C. The predicted octanol–water partition coefficient (Wildman–Crippen LogP) is 4.31. The van der Waals surface area contributed by atoms with Gasteiger partial charge in [-0.15, -0.1) is 0 Å². The number of carboxylic acids is 1. The van der Waals surface area contributed by atoms with E-state index in [-0.39, 0.29) is 23.2 Å². The fourth-order valence-corrected chi connectivity index (χ4v) is 9.47. The van der Waals surface area contributed by atoms with Gasteiger partial charge in [0.05, 0.1) is 12.2 Å². The summed E-state index contributed by atoms with van der Waals surface area (Å²) in [4.78, 5) is 11.1. The van der Waals surface area contributed by atoms with E-state index in [2.05, 4.69) is 20.8 Å². The number of fused-ring (bicyclic) bond motifs is 5. The van der Waals surface area contributed by atoms with Crippen LogP contribution in [-0.4, -0.2) is 41.4 Å². The van der Waals surface area contributed by atoms with Crippen molar-refractivity contribution in [1.82, 2.24) is 0 Å². The van der Waals surface area contributed by atoms with Crippen LogP contribution in [0.4, 0.5) is 0 Å². The van der Waals surface area contributed by atoms with Crippen molar-refractivity contribution in [2.75, 3.05) is 0 Å². The topological polar surface area (TPSA) is 121 Å². The molecule has 0 saturated heterocycles. The Morgan fingerprint density at radius 2 is 1.81 bits per heavy atom. The van der Waals surface area contributed by atoms with E-state index in [0.717, 1.165) is 38.5 Å². The molecule has 10 unspecified atom stereocenters. The number of carbonyl (C=O) groups is 1. The Balaban J connectivity index is 1.52. The third-order valence-corrected chi connectivity index (χ3v) is 11.1. The third-order valence-electron chi connectivity index (χ3n) is 10.6. The molecule has 0 amide bonds. The number of rotatable bonds is 6. The summed E-state index contributed by atoms with van der Waals surface area (Å²) in [5.41, 5.74) is -0.106. The zero-order chi connectivity index (χ0) is 23.5. The van der Waals surface area contributed by atoms with E-state index in [1.807, 2.05) is 0 Å². The zero-order valence-corrected chi connectivity index (χ0v) is 20.4. The molecule has 0 bridgehead atoms. The van der Waals surface area contributed by atoms with Crippen molar-refractivity contribution in [2.24, 2.45) is 46.3 Å². The molecule has 0 aromatic rings. The Hall–Kier alpha value is -0.700. The minimum Gasteiger partial charge on any atom is -0.481 e. The molecule has 7 nitrogen and oxygen atoms in total. The predicted molar refractivity (Wildman–Crippen MR) is 119 cm³/mol. The van der Waals surface area contributed by atoms with Gasteiger partial charge >= 0.3 is 16.4 Å². The second-order valence-electron chi connectivity index (χ2n) is 11.8. The third kappa shape index (κ3) is 4.14. The van der Waals surface area contributed by atoms with Gasteiger partial charge in [0.1, 0.15) is 0 Å². The summed E-state index contributed by atoms with van der Waals surface area (Å²) >= 11 is 0. The quantitative estimate of drug-likeness (QED) is 0.493. The van der Waals surface area contributed by atoms with Crippen LogP contribution in [0.2, 0.25) is 0 Å². The number of carboxylic acid groups (broad SMARTS) is 1. The van der Waals surface area contributed by atoms with Gasteiger partial charge < -0.3 is 10.2 Å². The number of hydrogen-bond acceptors (Lipinski definition) is 5. The molecule has 0 aliphatic heterocycles. The van der Waals surface area contributed by atoms with Gasteiger partial charge in [-0.25, -0.2) is 4.18 Å². The maximum atomic E-state index is 11.5. The lowest BCUT2D eigenvalue weighted by Gasteiger charge is -2.62. The highest BCUT2D eigenvalue weighted by atomic mass is 32.3. The molecule has 0 radical (unpaired) electrons. The lowest BCUT2D eigenvalue weighted by Crippen LogP contribution is -2.59. The summed E-state index contributed by atoms with van der Waals surface area (Å²) in [6.45, 7) is 6.75. The van der Waals surface area contributed by atoms with Crippen LogP contribution in [0, 0.1) is 46.3 Å². The van der Waals surface area contributed by atoms with E-state index >= 15 is 0 Å². The van der Waals surface area contributed by atoms with E-state index in [0.29, 0.717) is 48.9 Å². The smallest absolute Gasteiger partial charge is 0.397 e. The number of aliphatic hydroxyl groups excluding tert-OH is 1. The van der Waals surface area contributed by atoms with Crippen LogP contribution >= 0.6 is 0 Å². The van der Waals surface area contributed by atoms with Gasteiger partial charge in [-0.3, -0.25) is 9.35 Å². The number of aliphatic carboxylic acids is 1. The monoisotopic (exact) mass is 472 g/mol. The van der Waals surface area contributed by atoms with E-state index in [4.69, 9.17) is 13.8 Å². The molecular weight excluding hydrogens is 432 g/mol. The maximum absolute atomic E-state index is 11.5. The van der Waals surface area contributed by atoms with Crippen LogP contribution in [0.15, 0.2) is 0 Å². The highest BCUT2D eigenvalue weighted by Crippen LogP contribution is 2.68. The molecule has 4 fully saturated rings. The Labute approximate surface area is 192 Å². The molecule has 10 atom stereocenters. The number of aliphatic hydroxyl groups is 1.